The minimum atomic E-state index is -0.438. The molecule has 19 heavy (non-hydrogen) atoms. The predicted molar refractivity (Wildman–Crippen MR) is 70.2 cm³/mol. The summed E-state index contributed by atoms with van der Waals surface area (Å²) in [7, 11) is 0. The molecule has 0 aliphatic heterocycles. The van der Waals surface area contributed by atoms with Crippen molar-refractivity contribution >= 4 is 5.91 Å². The van der Waals surface area contributed by atoms with E-state index in [1.165, 1.54) is 12.1 Å². The normalized spacial score (nSPS) is 10.7. The number of hydrogen-bond donors (Lipinski definition) is 1. The molecule has 0 spiro atoms. The molecular weight excluding hydrogens is 249 g/mol. The second-order valence-corrected chi connectivity index (χ2v) is 3.95. The summed E-state index contributed by atoms with van der Waals surface area (Å²) in [5, 5.41) is 2.71. The molecule has 0 aliphatic rings. The lowest BCUT2D eigenvalue weighted by molar-refractivity contribution is -0.140. The molecule has 0 aliphatic carbocycles. The molecule has 0 radical (unpaired) electrons. The van der Waals surface area contributed by atoms with Crippen LogP contribution in [0.25, 0.3) is 0 Å². The van der Waals surface area contributed by atoms with Crippen molar-refractivity contribution in [3.63, 3.8) is 0 Å². The van der Waals surface area contributed by atoms with Crippen molar-refractivity contribution in [2.24, 2.45) is 0 Å². The van der Waals surface area contributed by atoms with Gasteiger partial charge in [-0.2, -0.15) is 0 Å². The Morgan fingerprint density at radius 2 is 2.00 bits per heavy atom. The second kappa shape index (κ2) is 8.61. The van der Waals surface area contributed by atoms with Crippen molar-refractivity contribution in [3.05, 3.63) is 35.6 Å². The van der Waals surface area contributed by atoms with E-state index < -0.39 is 6.29 Å². The highest BCUT2D eigenvalue weighted by Crippen LogP contribution is 2.04. The van der Waals surface area contributed by atoms with Gasteiger partial charge >= 0.3 is 0 Å². The molecular formula is C14H20FNO3. The van der Waals surface area contributed by atoms with Gasteiger partial charge in [0.15, 0.2) is 6.29 Å². The van der Waals surface area contributed by atoms with Gasteiger partial charge in [-0.05, 0) is 31.5 Å². The zero-order valence-electron chi connectivity index (χ0n) is 11.3. The number of ether oxygens (including phenoxy) is 2. The van der Waals surface area contributed by atoms with Crippen LogP contribution in [0.2, 0.25) is 0 Å². The molecule has 0 saturated heterocycles. The Morgan fingerprint density at radius 1 is 1.32 bits per heavy atom. The Kier molecular flexibility index (Phi) is 7.07. The Balaban J connectivity index is 2.38. The van der Waals surface area contributed by atoms with Crippen molar-refractivity contribution in [3.8, 4) is 0 Å². The number of benzene rings is 1. The number of carbonyl (C=O) groups is 1. The standard InChI is InChI=1S/C14H20FNO3/c1-3-18-14(19-4-2)10-16-13(17)9-11-6-5-7-12(15)8-11/h5-8,14H,3-4,9-10H2,1-2H3,(H,16,17). The number of nitrogens with one attached hydrogen (secondary N) is 1. The Hall–Kier alpha value is -1.46. The van der Waals surface area contributed by atoms with Gasteiger partial charge in [0.2, 0.25) is 5.91 Å². The minimum Gasteiger partial charge on any atom is -0.351 e. The summed E-state index contributed by atoms with van der Waals surface area (Å²) in [4.78, 5) is 11.7. The van der Waals surface area contributed by atoms with Gasteiger partial charge in [-0.3, -0.25) is 4.79 Å². The van der Waals surface area contributed by atoms with Crippen molar-refractivity contribution in [1.29, 1.82) is 0 Å². The van der Waals surface area contributed by atoms with Gasteiger partial charge in [-0.25, -0.2) is 4.39 Å². The number of carbonyl (C=O) groups excluding carboxylic acids is 1. The lowest BCUT2D eigenvalue weighted by Gasteiger charge is -2.17. The smallest absolute Gasteiger partial charge is 0.224 e. The highest BCUT2D eigenvalue weighted by molar-refractivity contribution is 5.78. The first-order valence-corrected chi connectivity index (χ1v) is 6.40. The van der Waals surface area contributed by atoms with Crippen LogP contribution in [0.4, 0.5) is 4.39 Å². The van der Waals surface area contributed by atoms with E-state index in [4.69, 9.17) is 9.47 Å². The second-order valence-electron chi connectivity index (χ2n) is 3.95. The van der Waals surface area contributed by atoms with E-state index in [0.29, 0.717) is 18.8 Å². The van der Waals surface area contributed by atoms with Crippen LogP contribution in [-0.4, -0.2) is 32.0 Å². The van der Waals surface area contributed by atoms with Crippen molar-refractivity contribution in [2.75, 3.05) is 19.8 Å². The van der Waals surface area contributed by atoms with Crippen molar-refractivity contribution in [2.45, 2.75) is 26.6 Å². The van der Waals surface area contributed by atoms with E-state index in [-0.39, 0.29) is 24.7 Å². The third-order valence-corrected chi connectivity index (χ3v) is 2.42. The monoisotopic (exact) mass is 269 g/mol. The fourth-order valence-electron chi connectivity index (χ4n) is 1.63. The van der Waals surface area contributed by atoms with Gasteiger partial charge in [-0.1, -0.05) is 12.1 Å². The Labute approximate surface area is 112 Å². The number of rotatable bonds is 8. The van der Waals surface area contributed by atoms with E-state index in [1.807, 2.05) is 13.8 Å². The molecule has 106 valence electrons. The summed E-state index contributed by atoms with van der Waals surface area (Å²) < 4.78 is 23.6. The largest absolute Gasteiger partial charge is 0.351 e. The van der Waals surface area contributed by atoms with Gasteiger partial charge in [0.05, 0.1) is 13.0 Å². The molecule has 1 aromatic rings. The van der Waals surface area contributed by atoms with Gasteiger partial charge in [0.25, 0.3) is 0 Å². The van der Waals surface area contributed by atoms with E-state index in [9.17, 15) is 9.18 Å². The van der Waals surface area contributed by atoms with Crippen LogP contribution >= 0.6 is 0 Å². The van der Waals surface area contributed by atoms with Crippen molar-refractivity contribution < 1.29 is 18.7 Å². The summed E-state index contributed by atoms with van der Waals surface area (Å²) in [5.41, 5.74) is 0.641. The molecule has 0 saturated carbocycles. The first-order valence-electron chi connectivity index (χ1n) is 6.40. The van der Waals surface area contributed by atoms with Crippen LogP contribution < -0.4 is 5.32 Å². The first kappa shape index (κ1) is 15.6. The number of hydrogen-bond acceptors (Lipinski definition) is 3. The third-order valence-electron chi connectivity index (χ3n) is 2.42. The average Bonchev–Trinajstić information content (AvgIpc) is 2.36. The fraction of sp³-hybridized carbons (Fsp3) is 0.500. The molecule has 4 nitrogen and oxygen atoms in total. The van der Waals surface area contributed by atoms with Gasteiger partial charge < -0.3 is 14.8 Å². The lowest BCUT2D eigenvalue weighted by Crippen LogP contribution is -2.36. The average molecular weight is 269 g/mol. The SMILES string of the molecule is CCOC(CNC(=O)Cc1cccc(F)c1)OCC. The van der Waals surface area contributed by atoms with Crippen molar-refractivity contribution in [1.82, 2.24) is 5.32 Å². The summed E-state index contributed by atoms with van der Waals surface area (Å²) >= 11 is 0. The Morgan fingerprint density at radius 3 is 2.58 bits per heavy atom. The fourth-order valence-corrected chi connectivity index (χ4v) is 1.63. The zero-order chi connectivity index (χ0) is 14.1. The predicted octanol–water partition coefficient (Wildman–Crippen LogP) is 1.88. The van der Waals surface area contributed by atoms with E-state index in [1.54, 1.807) is 12.1 Å². The summed E-state index contributed by atoms with van der Waals surface area (Å²) in [6.07, 6.45) is -0.297. The molecule has 0 unspecified atom stereocenters. The molecule has 0 heterocycles. The Bertz CT molecular complexity index is 392. The molecule has 5 heteroatoms. The molecule has 0 aromatic heterocycles. The molecule has 0 atom stereocenters. The quantitative estimate of drug-likeness (QED) is 0.733. The maximum absolute atomic E-state index is 13.0. The maximum Gasteiger partial charge on any atom is 0.224 e. The van der Waals surface area contributed by atoms with Crippen LogP contribution in [-0.2, 0) is 20.7 Å². The molecule has 0 fully saturated rings. The lowest BCUT2D eigenvalue weighted by atomic mass is 10.1. The van der Waals surface area contributed by atoms with Crippen LogP contribution in [0.1, 0.15) is 19.4 Å². The van der Waals surface area contributed by atoms with Gasteiger partial charge in [0.1, 0.15) is 5.82 Å². The highest BCUT2D eigenvalue weighted by Gasteiger charge is 2.10. The van der Waals surface area contributed by atoms with Gasteiger partial charge in [-0.15, -0.1) is 0 Å². The first-order chi connectivity index (χ1) is 9.15. The number of halogens is 1. The van der Waals surface area contributed by atoms with Crippen LogP contribution in [0.3, 0.4) is 0 Å². The van der Waals surface area contributed by atoms with Crippen LogP contribution in [0.15, 0.2) is 24.3 Å². The highest BCUT2D eigenvalue weighted by atomic mass is 19.1. The van der Waals surface area contributed by atoms with E-state index in [2.05, 4.69) is 5.32 Å². The molecule has 1 aromatic carbocycles. The summed E-state index contributed by atoms with van der Waals surface area (Å²) in [6, 6.07) is 6.00. The van der Waals surface area contributed by atoms with Crippen LogP contribution in [0, 0.1) is 5.82 Å². The molecule has 1 rings (SSSR count). The van der Waals surface area contributed by atoms with E-state index in [0.717, 1.165) is 0 Å². The van der Waals surface area contributed by atoms with Gasteiger partial charge in [0, 0.05) is 13.2 Å². The molecule has 0 bridgehead atoms. The zero-order valence-corrected chi connectivity index (χ0v) is 11.3. The van der Waals surface area contributed by atoms with E-state index >= 15 is 0 Å². The van der Waals surface area contributed by atoms with Crippen LogP contribution in [0.5, 0.6) is 0 Å². The molecule has 1 N–H and O–H groups in total. The maximum atomic E-state index is 13.0. The minimum absolute atomic E-state index is 0.142. The third kappa shape index (κ3) is 6.31. The topological polar surface area (TPSA) is 47.6 Å². The number of amides is 1. The summed E-state index contributed by atoms with van der Waals surface area (Å²) in [5.74, 6) is -0.526. The molecule has 1 amide bonds. The summed E-state index contributed by atoms with van der Waals surface area (Å²) in [6.45, 7) is 5.05.